The first-order valence-corrected chi connectivity index (χ1v) is 8.31. The maximum atomic E-state index is 11.6. The summed E-state index contributed by atoms with van der Waals surface area (Å²) in [7, 11) is -3.16. The largest absolute Gasteiger partial charge is 0.313 e. The summed E-state index contributed by atoms with van der Waals surface area (Å²) in [6.45, 7) is 6.18. The molecule has 1 atom stereocenters. The van der Waals surface area contributed by atoms with E-state index < -0.39 is 10.0 Å². The van der Waals surface area contributed by atoms with Gasteiger partial charge in [-0.25, -0.2) is 13.1 Å². The summed E-state index contributed by atoms with van der Waals surface area (Å²) in [6, 6.07) is 10.4. The first-order chi connectivity index (χ1) is 8.89. The monoisotopic (exact) mass is 284 g/mol. The van der Waals surface area contributed by atoms with E-state index in [9.17, 15) is 8.42 Å². The molecule has 4 nitrogen and oxygen atoms in total. The molecule has 0 aliphatic carbocycles. The van der Waals surface area contributed by atoms with Crippen LogP contribution in [0.3, 0.4) is 0 Å². The Morgan fingerprint density at radius 2 is 1.74 bits per heavy atom. The van der Waals surface area contributed by atoms with E-state index in [1.54, 1.807) is 0 Å². The van der Waals surface area contributed by atoms with Crippen molar-refractivity contribution < 1.29 is 8.42 Å². The normalized spacial score (nSPS) is 13.7. The zero-order valence-corrected chi connectivity index (χ0v) is 12.7. The summed E-state index contributed by atoms with van der Waals surface area (Å²) < 4.78 is 25.8. The minimum absolute atomic E-state index is 0.0493. The van der Waals surface area contributed by atoms with Gasteiger partial charge in [-0.3, -0.25) is 0 Å². The van der Waals surface area contributed by atoms with Gasteiger partial charge in [0, 0.05) is 18.6 Å². The van der Waals surface area contributed by atoms with Crippen molar-refractivity contribution in [1.82, 2.24) is 10.0 Å². The van der Waals surface area contributed by atoms with Crippen molar-refractivity contribution in [2.45, 2.75) is 39.3 Å². The van der Waals surface area contributed by atoms with E-state index >= 15 is 0 Å². The highest BCUT2D eigenvalue weighted by atomic mass is 32.2. The van der Waals surface area contributed by atoms with E-state index in [-0.39, 0.29) is 17.8 Å². The molecule has 1 rings (SSSR count). The van der Waals surface area contributed by atoms with E-state index in [2.05, 4.69) is 29.1 Å². The zero-order valence-electron chi connectivity index (χ0n) is 11.9. The average Bonchev–Trinajstić information content (AvgIpc) is 2.28. The summed E-state index contributed by atoms with van der Waals surface area (Å²) in [5, 5.41) is 3.24. The van der Waals surface area contributed by atoms with Gasteiger partial charge in [-0.2, -0.15) is 0 Å². The number of nitrogens with one attached hydrogen (secondary N) is 2. The lowest BCUT2D eigenvalue weighted by Gasteiger charge is -2.15. The Morgan fingerprint density at radius 3 is 2.32 bits per heavy atom. The molecule has 1 aromatic carbocycles. The lowest BCUT2D eigenvalue weighted by Crippen LogP contribution is -2.38. The fraction of sp³-hybridized carbons (Fsp3) is 0.571. The molecule has 5 heteroatoms. The fourth-order valence-electron chi connectivity index (χ4n) is 1.90. The van der Waals surface area contributed by atoms with E-state index in [4.69, 9.17) is 0 Å². The number of hydrogen-bond acceptors (Lipinski definition) is 3. The van der Waals surface area contributed by atoms with Crippen molar-refractivity contribution >= 4 is 10.0 Å². The van der Waals surface area contributed by atoms with Crippen LogP contribution in [0.25, 0.3) is 0 Å². The predicted molar refractivity (Wildman–Crippen MR) is 79.7 cm³/mol. The number of rotatable bonds is 8. The Morgan fingerprint density at radius 1 is 1.11 bits per heavy atom. The van der Waals surface area contributed by atoms with Gasteiger partial charge in [-0.05, 0) is 32.8 Å². The van der Waals surface area contributed by atoms with Crippen molar-refractivity contribution in [3.05, 3.63) is 35.9 Å². The topological polar surface area (TPSA) is 58.2 Å². The molecule has 0 spiro atoms. The molecule has 1 aromatic rings. The van der Waals surface area contributed by atoms with Crippen LogP contribution in [0.2, 0.25) is 0 Å². The Bertz CT molecular complexity index is 458. The van der Waals surface area contributed by atoms with Gasteiger partial charge < -0.3 is 5.32 Å². The third-order valence-corrected chi connectivity index (χ3v) is 4.24. The SMILES string of the molecule is CC(C)NS(=O)(=O)CCNC(C)Cc1ccccc1. The second-order valence-electron chi connectivity index (χ2n) is 5.14. The summed E-state index contributed by atoms with van der Waals surface area (Å²) in [5.74, 6) is 0.115. The molecule has 2 N–H and O–H groups in total. The second-order valence-corrected chi connectivity index (χ2v) is 7.01. The minimum atomic E-state index is -3.16. The van der Waals surface area contributed by atoms with Gasteiger partial charge in [0.25, 0.3) is 0 Å². The number of sulfonamides is 1. The summed E-state index contributed by atoms with van der Waals surface area (Å²) in [5.41, 5.74) is 1.26. The molecular weight excluding hydrogens is 260 g/mol. The van der Waals surface area contributed by atoms with Crippen molar-refractivity contribution in [2.75, 3.05) is 12.3 Å². The van der Waals surface area contributed by atoms with Crippen LogP contribution in [0.15, 0.2) is 30.3 Å². The summed E-state index contributed by atoms with van der Waals surface area (Å²) in [6.07, 6.45) is 0.901. The number of benzene rings is 1. The van der Waals surface area contributed by atoms with E-state index in [1.165, 1.54) is 5.56 Å². The quantitative estimate of drug-likeness (QED) is 0.761. The first kappa shape index (κ1) is 16.1. The zero-order chi connectivity index (χ0) is 14.3. The highest BCUT2D eigenvalue weighted by molar-refractivity contribution is 7.89. The maximum Gasteiger partial charge on any atom is 0.213 e. The van der Waals surface area contributed by atoms with Crippen molar-refractivity contribution in [3.8, 4) is 0 Å². The van der Waals surface area contributed by atoms with Crippen LogP contribution in [0.1, 0.15) is 26.3 Å². The van der Waals surface area contributed by atoms with Gasteiger partial charge in [0.2, 0.25) is 10.0 Å². The molecule has 0 bridgehead atoms. The minimum Gasteiger partial charge on any atom is -0.313 e. The van der Waals surface area contributed by atoms with Crippen LogP contribution < -0.4 is 10.0 Å². The molecule has 0 fully saturated rings. The van der Waals surface area contributed by atoms with Crippen LogP contribution in [-0.4, -0.2) is 32.8 Å². The third-order valence-electron chi connectivity index (χ3n) is 2.66. The molecule has 0 saturated heterocycles. The van der Waals surface area contributed by atoms with Crippen LogP contribution in [0, 0.1) is 0 Å². The van der Waals surface area contributed by atoms with E-state index in [1.807, 2.05) is 32.0 Å². The van der Waals surface area contributed by atoms with Gasteiger partial charge in [0.15, 0.2) is 0 Å². The van der Waals surface area contributed by atoms with Crippen LogP contribution >= 0.6 is 0 Å². The Labute approximate surface area is 116 Å². The molecule has 0 saturated carbocycles. The maximum absolute atomic E-state index is 11.6. The molecule has 0 radical (unpaired) electrons. The standard InChI is InChI=1S/C14H24N2O2S/c1-12(2)16-19(17,18)10-9-15-13(3)11-14-7-5-4-6-8-14/h4-8,12-13,15-16H,9-11H2,1-3H3. The smallest absolute Gasteiger partial charge is 0.213 e. The molecule has 0 heterocycles. The lowest BCUT2D eigenvalue weighted by atomic mass is 10.1. The highest BCUT2D eigenvalue weighted by Gasteiger charge is 2.12. The van der Waals surface area contributed by atoms with Crippen LogP contribution in [0.5, 0.6) is 0 Å². The highest BCUT2D eigenvalue weighted by Crippen LogP contribution is 2.02. The summed E-state index contributed by atoms with van der Waals surface area (Å²) >= 11 is 0. The molecule has 0 aromatic heterocycles. The van der Waals surface area contributed by atoms with Gasteiger partial charge in [0.05, 0.1) is 5.75 Å². The summed E-state index contributed by atoms with van der Waals surface area (Å²) in [4.78, 5) is 0. The molecule has 0 aliphatic rings. The third kappa shape index (κ3) is 7.30. The first-order valence-electron chi connectivity index (χ1n) is 6.66. The van der Waals surface area contributed by atoms with Gasteiger partial charge in [0.1, 0.15) is 0 Å². The van der Waals surface area contributed by atoms with Crippen LogP contribution in [0.4, 0.5) is 0 Å². The molecule has 19 heavy (non-hydrogen) atoms. The average molecular weight is 284 g/mol. The van der Waals surface area contributed by atoms with Crippen molar-refractivity contribution in [1.29, 1.82) is 0 Å². The van der Waals surface area contributed by atoms with Gasteiger partial charge >= 0.3 is 0 Å². The molecule has 108 valence electrons. The molecule has 0 amide bonds. The lowest BCUT2D eigenvalue weighted by molar-refractivity contribution is 0.544. The van der Waals surface area contributed by atoms with Crippen molar-refractivity contribution in [3.63, 3.8) is 0 Å². The Kier molecular flexibility index (Phi) is 6.48. The Balaban J connectivity index is 2.29. The van der Waals surface area contributed by atoms with E-state index in [0.29, 0.717) is 6.54 Å². The van der Waals surface area contributed by atoms with Crippen molar-refractivity contribution in [2.24, 2.45) is 0 Å². The molecular formula is C14H24N2O2S. The molecule has 0 aliphatic heterocycles. The predicted octanol–water partition coefficient (Wildman–Crippen LogP) is 1.53. The fourth-order valence-corrected chi connectivity index (χ4v) is 3.12. The van der Waals surface area contributed by atoms with Gasteiger partial charge in [-0.1, -0.05) is 30.3 Å². The molecule has 1 unspecified atom stereocenters. The van der Waals surface area contributed by atoms with Crippen LogP contribution in [-0.2, 0) is 16.4 Å². The Hall–Kier alpha value is -0.910. The van der Waals surface area contributed by atoms with E-state index in [0.717, 1.165) is 6.42 Å². The number of hydrogen-bond donors (Lipinski definition) is 2. The second kappa shape index (κ2) is 7.62. The van der Waals surface area contributed by atoms with Gasteiger partial charge in [-0.15, -0.1) is 0 Å².